The van der Waals surface area contributed by atoms with Crippen LogP contribution in [0, 0.1) is 12.3 Å². The monoisotopic (exact) mass is 317 g/mol. The molecule has 7 heteroatoms. The molecule has 23 heavy (non-hydrogen) atoms. The summed E-state index contributed by atoms with van der Waals surface area (Å²) >= 11 is 0. The fourth-order valence-corrected chi connectivity index (χ4v) is 2.21. The third kappa shape index (κ3) is 4.03. The lowest BCUT2D eigenvalue weighted by molar-refractivity contribution is 0.286. The number of unbranched alkanes of at least 4 members (excludes halogenated alkanes) is 3. The summed E-state index contributed by atoms with van der Waals surface area (Å²) in [4.78, 5) is 13.0. The van der Waals surface area contributed by atoms with Crippen molar-refractivity contribution in [3.8, 4) is 24.4 Å². The fourth-order valence-electron chi connectivity index (χ4n) is 2.21. The highest BCUT2D eigenvalue weighted by atomic mass is 16.5. The number of nitrogens with two attached hydrogens (primary N) is 1. The second-order valence-corrected chi connectivity index (χ2v) is 5.18. The maximum atomic E-state index is 5.99. The summed E-state index contributed by atoms with van der Waals surface area (Å²) in [5.41, 5.74) is 7.14. The van der Waals surface area contributed by atoms with E-state index in [0.29, 0.717) is 36.1 Å². The molecule has 2 heterocycles. The van der Waals surface area contributed by atoms with Gasteiger partial charge in [0.2, 0.25) is 0 Å². The van der Waals surface area contributed by atoms with Crippen molar-refractivity contribution in [3.63, 3.8) is 0 Å². The Balaban J connectivity index is 2.29. The predicted octanol–water partition coefficient (Wildman–Crippen LogP) is 2.40. The van der Waals surface area contributed by atoms with Gasteiger partial charge in [-0.25, -0.2) is 0 Å². The van der Waals surface area contributed by atoms with Gasteiger partial charge in [-0.05, 0) is 19.3 Å². The molecule has 0 aromatic carbocycles. The summed E-state index contributed by atoms with van der Waals surface area (Å²) in [6.07, 6.45) is 9.85. The van der Waals surface area contributed by atoms with Crippen molar-refractivity contribution in [2.45, 2.75) is 45.6 Å². The van der Waals surface area contributed by atoms with Gasteiger partial charge in [-0.3, -0.25) is 4.57 Å². The number of nitrogens with zero attached hydrogens (tertiary/aromatic N) is 4. The van der Waals surface area contributed by atoms with Crippen LogP contribution in [0.3, 0.4) is 0 Å². The molecule has 7 nitrogen and oxygen atoms in total. The first-order chi connectivity index (χ1) is 11.2. The Morgan fingerprint density at radius 1 is 1.22 bits per heavy atom. The first kappa shape index (κ1) is 16.9. The molecular weight excluding hydrogens is 294 g/mol. The molecular formula is C16H23N5O2. The van der Waals surface area contributed by atoms with Gasteiger partial charge >= 0.3 is 6.01 Å². The van der Waals surface area contributed by atoms with E-state index in [0.717, 1.165) is 32.1 Å². The van der Waals surface area contributed by atoms with Crippen LogP contribution in [0.15, 0.2) is 0 Å². The normalized spacial score (nSPS) is 10.7. The average molecular weight is 317 g/mol. The van der Waals surface area contributed by atoms with Gasteiger partial charge in [0, 0.05) is 13.0 Å². The Bertz CT molecular complexity index is 690. The molecule has 0 unspecified atom stereocenters. The minimum Gasteiger partial charge on any atom is -0.468 e. The molecule has 0 aliphatic rings. The molecule has 0 bridgehead atoms. The van der Waals surface area contributed by atoms with E-state index in [9.17, 15) is 0 Å². The number of ether oxygens (including phenoxy) is 2. The van der Waals surface area contributed by atoms with Crippen molar-refractivity contribution in [3.05, 3.63) is 0 Å². The number of hydrogen-bond donors (Lipinski definition) is 1. The van der Waals surface area contributed by atoms with Crippen LogP contribution in [0.2, 0.25) is 0 Å². The zero-order valence-corrected chi connectivity index (χ0v) is 13.7. The summed E-state index contributed by atoms with van der Waals surface area (Å²) in [5, 5.41) is 0. The molecule has 0 saturated heterocycles. The van der Waals surface area contributed by atoms with Crippen molar-refractivity contribution in [2.24, 2.45) is 0 Å². The Morgan fingerprint density at radius 2 is 2.04 bits per heavy atom. The van der Waals surface area contributed by atoms with E-state index >= 15 is 0 Å². The van der Waals surface area contributed by atoms with E-state index in [-0.39, 0.29) is 6.01 Å². The Morgan fingerprint density at radius 3 is 2.74 bits per heavy atom. The number of terminal acetylenes is 1. The number of nitrogen functional groups attached to an aromatic ring is 1. The molecule has 0 radical (unpaired) electrons. The second kappa shape index (κ2) is 8.22. The van der Waals surface area contributed by atoms with Gasteiger partial charge in [-0.1, -0.05) is 13.3 Å². The molecule has 0 spiro atoms. The van der Waals surface area contributed by atoms with Crippen molar-refractivity contribution in [1.29, 1.82) is 0 Å². The van der Waals surface area contributed by atoms with Gasteiger partial charge in [0.1, 0.15) is 0 Å². The van der Waals surface area contributed by atoms with Crippen LogP contribution < -0.4 is 15.2 Å². The molecule has 0 saturated carbocycles. The van der Waals surface area contributed by atoms with Crippen LogP contribution in [0.25, 0.3) is 11.2 Å². The van der Waals surface area contributed by atoms with Crippen LogP contribution in [0.5, 0.6) is 12.0 Å². The third-order valence-corrected chi connectivity index (χ3v) is 3.43. The average Bonchev–Trinajstić information content (AvgIpc) is 2.90. The third-order valence-electron chi connectivity index (χ3n) is 3.43. The highest BCUT2D eigenvalue weighted by Gasteiger charge is 2.17. The number of hydrogen-bond acceptors (Lipinski definition) is 6. The summed E-state index contributed by atoms with van der Waals surface area (Å²) in [6, 6.07) is 0.739. The molecule has 2 aromatic rings. The van der Waals surface area contributed by atoms with Crippen LogP contribution >= 0.6 is 0 Å². The number of aromatic nitrogens is 4. The van der Waals surface area contributed by atoms with Crippen LogP contribution in [-0.4, -0.2) is 33.2 Å². The lowest BCUT2D eigenvalue weighted by Crippen LogP contribution is -2.06. The topological polar surface area (TPSA) is 88.1 Å². The van der Waals surface area contributed by atoms with E-state index in [4.69, 9.17) is 21.6 Å². The highest BCUT2D eigenvalue weighted by Crippen LogP contribution is 2.25. The lowest BCUT2D eigenvalue weighted by Gasteiger charge is -2.08. The standard InChI is InChI=1S/C16H23N5O2/c1-4-6-8-9-10-21-14-12(18-16(21)22-3)13(17)19-15(20-14)23-11-7-5-2/h1H,5-11H2,2-3H3,(H2,17,19,20). The molecule has 0 fully saturated rings. The van der Waals surface area contributed by atoms with Crippen molar-refractivity contribution >= 4 is 17.0 Å². The van der Waals surface area contributed by atoms with Crippen LogP contribution in [0.1, 0.15) is 39.0 Å². The van der Waals surface area contributed by atoms with Crippen LogP contribution in [0.4, 0.5) is 5.82 Å². The first-order valence-electron chi connectivity index (χ1n) is 7.85. The molecule has 2 N–H and O–H groups in total. The fraction of sp³-hybridized carbons (Fsp3) is 0.562. The quantitative estimate of drug-likeness (QED) is 0.564. The van der Waals surface area contributed by atoms with E-state index in [1.807, 2.05) is 4.57 Å². The predicted molar refractivity (Wildman–Crippen MR) is 89.4 cm³/mol. The number of imidazole rings is 1. The Hall–Kier alpha value is -2.49. The number of fused-ring (bicyclic) bond motifs is 1. The SMILES string of the molecule is C#CCCCCn1c(OC)nc2c(N)nc(OCCCC)nc21. The first-order valence-corrected chi connectivity index (χ1v) is 7.85. The molecule has 124 valence electrons. The van der Waals surface area contributed by atoms with Gasteiger partial charge < -0.3 is 15.2 Å². The maximum Gasteiger partial charge on any atom is 0.320 e. The second-order valence-electron chi connectivity index (χ2n) is 5.18. The molecule has 0 atom stereocenters. The molecule has 0 amide bonds. The van der Waals surface area contributed by atoms with Crippen LogP contribution in [-0.2, 0) is 6.54 Å². The molecule has 0 aliphatic heterocycles. The number of aryl methyl sites for hydroxylation is 1. The Labute approximate surface area is 136 Å². The van der Waals surface area contributed by atoms with Gasteiger partial charge in [0.15, 0.2) is 17.0 Å². The zero-order chi connectivity index (χ0) is 16.7. The van der Waals surface area contributed by atoms with Gasteiger partial charge in [-0.2, -0.15) is 15.0 Å². The van der Waals surface area contributed by atoms with Crippen molar-refractivity contribution in [1.82, 2.24) is 19.5 Å². The minimum atomic E-state index is 0.274. The molecule has 2 aromatic heterocycles. The number of methoxy groups -OCH3 is 1. The van der Waals surface area contributed by atoms with E-state index in [1.165, 1.54) is 0 Å². The molecule has 0 aliphatic carbocycles. The number of rotatable bonds is 9. The van der Waals surface area contributed by atoms with E-state index < -0.39 is 0 Å². The largest absolute Gasteiger partial charge is 0.468 e. The summed E-state index contributed by atoms with van der Waals surface area (Å²) in [7, 11) is 1.57. The summed E-state index contributed by atoms with van der Waals surface area (Å²) in [5.74, 6) is 2.93. The maximum absolute atomic E-state index is 5.99. The van der Waals surface area contributed by atoms with Crippen molar-refractivity contribution < 1.29 is 9.47 Å². The Kier molecular flexibility index (Phi) is 6.03. The van der Waals surface area contributed by atoms with E-state index in [1.54, 1.807) is 7.11 Å². The number of anilines is 1. The van der Waals surface area contributed by atoms with Crippen molar-refractivity contribution in [2.75, 3.05) is 19.5 Å². The van der Waals surface area contributed by atoms with Gasteiger partial charge in [-0.15, -0.1) is 12.3 Å². The summed E-state index contributed by atoms with van der Waals surface area (Å²) < 4.78 is 12.8. The minimum absolute atomic E-state index is 0.274. The van der Waals surface area contributed by atoms with E-state index in [2.05, 4.69) is 27.8 Å². The van der Waals surface area contributed by atoms with Gasteiger partial charge in [0.05, 0.1) is 13.7 Å². The lowest BCUT2D eigenvalue weighted by atomic mass is 10.2. The smallest absolute Gasteiger partial charge is 0.320 e. The highest BCUT2D eigenvalue weighted by molar-refractivity contribution is 5.83. The zero-order valence-electron chi connectivity index (χ0n) is 13.7. The molecule has 2 rings (SSSR count). The van der Waals surface area contributed by atoms with Gasteiger partial charge in [0.25, 0.3) is 6.01 Å². The summed E-state index contributed by atoms with van der Waals surface area (Å²) in [6.45, 7) is 3.36.